The largest absolute Gasteiger partial charge is 0.493 e. The van der Waals surface area contributed by atoms with Crippen molar-refractivity contribution in [3.8, 4) is 5.75 Å². The van der Waals surface area contributed by atoms with Crippen molar-refractivity contribution in [3.05, 3.63) is 58.2 Å². The minimum absolute atomic E-state index is 0.0550. The second kappa shape index (κ2) is 7.50. The number of para-hydroxylation sites is 1. The van der Waals surface area contributed by atoms with E-state index < -0.39 is 0 Å². The molecule has 2 heterocycles. The number of aryl methyl sites for hydroxylation is 1. The molecule has 28 heavy (non-hydrogen) atoms. The minimum atomic E-state index is -0.229. The summed E-state index contributed by atoms with van der Waals surface area (Å²) in [6.07, 6.45) is 3.19. The average molecular weight is 381 g/mol. The molecule has 0 aliphatic heterocycles. The highest BCUT2D eigenvalue weighted by Gasteiger charge is 2.26. The predicted molar refractivity (Wildman–Crippen MR) is 105 cm³/mol. The number of aromatic nitrogens is 2. The monoisotopic (exact) mass is 381 g/mol. The van der Waals surface area contributed by atoms with Crippen molar-refractivity contribution in [1.82, 2.24) is 15.1 Å². The lowest BCUT2D eigenvalue weighted by molar-refractivity contribution is 0.0895. The third-order valence-corrected chi connectivity index (χ3v) is 5.29. The lowest BCUT2D eigenvalue weighted by Crippen LogP contribution is -2.39. The summed E-state index contributed by atoms with van der Waals surface area (Å²) in [5.74, 6) is 0.652. The van der Waals surface area contributed by atoms with Crippen molar-refractivity contribution >= 4 is 16.9 Å². The van der Waals surface area contributed by atoms with Gasteiger partial charge < -0.3 is 14.5 Å². The van der Waals surface area contributed by atoms with Gasteiger partial charge in [0, 0.05) is 17.5 Å². The van der Waals surface area contributed by atoms with Crippen LogP contribution in [0, 0.1) is 6.92 Å². The molecule has 7 heteroatoms. The van der Waals surface area contributed by atoms with Crippen LogP contribution < -0.4 is 15.6 Å². The number of amides is 1. The molecule has 1 aliphatic rings. The van der Waals surface area contributed by atoms with Crippen molar-refractivity contribution in [2.45, 2.75) is 44.7 Å². The first-order valence-electron chi connectivity index (χ1n) is 9.49. The quantitative estimate of drug-likeness (QED) is 0.750. The van der Waals surface area contributed by atoms with Crippen molar-refractivity contribution in [3.63, 3.8) is 0 Å². The van der Waals surface area contributed by atoms with E-state index in [0.717, 1.165) is 36.8 Å². The third kappa shape index (κ3) is 3.52. The van der Waals surface area contributed by atoms with Crippen LogP contribution in [0.1, 0.15) is 48.0 Å². The van der Waals surface area contributed by atoms with Crippen molar-refractivity contribution in [2.75, 3.05) is 7.11 Å². The van der Waals surface area contributed by atoms with Gasteiger partial charge in [-0.3, -0.25) is 9.59 Å². The van der Waals surface area contributed by atoms with E-state index >= 15 is 0 Å². The van der Waals surface area contributed by atoms with E-state index in [1.807, 2.05) is 19.1 Å². The average Bonchev–Trinajstić information content (AvgIpc) is 3.15. The van der Waals surface area contributed by atoms with Crippen LogP contribution >= 0.6 is 0 Å². The number of hydrogen-bond donors (Lipinski definition) is 1. The lowest BCUT2D eigenvalue weighted by Gasteiger charge is -2.29. The number of furan rings is 1. The van der Waals surface area contributed by atoms with Gasteiger partial charge in [0.25, 0.3) is 11.5 Å². The second-order valence-corrected chi connectivity index (χ2v) is 7.23. The Balaban J connectivity index is 1.41. The molecule has 0 bridgehead atoms. The zero-order chi connectivity index (χ0) is 19.7. The molecular formula is C21H23N3O4. The summed E-state index contributed by atoms with van der Waals surface area (Å²) < 4.78 is 12.6. The first-order valence-corrected chi connectivity index (χ1v) is 9.49. The predicted octanol–water partition coefficient (Wildman–Crippen LogP) is 3.22. The van der Waals surface area contributed by atoms with Gasteiger partial charge in [-0.05, 0) is 50.8 Å². The van der Waals surface area contributed by atoms with E-state index in [1.54, 1.807) is 36.1 Å². The summed E-state index contributed by atoms with van der Waals surface area (Å²) >= 11 is 0. The molecule has 0 spiro atoms. The summed E-state index contributed by atoms with van der Waals surface area (Å²) in [5, 5.41) is 8.24. The van der Waals surface area contributed by atoms with Gasteiger partial charge in [0.15, 0.2) is 17.1 Å². The highest BCUT2D eigenvalue weighted by atomic mass is 16.5. The molecule has 7 nitrogen and oxygen atoms in total. The number of carbonyl (C=O) groups is 1. The summed E-state index contributed by atoms with van der Waals surface area (Å²) in [4.78, 5) is 24.7. The summed E-state index contributed by atoms with van der Waals surface area (Å²) in [7, 11) is 1.57. The van der Waals surface area contributed by atoms with E-state index in [2.05, 4.69) is 10.4 Å². The van der Waals surface area contributed by atoms with Gasteiger partial charge in [-0.15, -0.1) is 0 Å². The smallest absolute Gasteiger partial charge is 0.287 e. The Morgan fingerprint density at radius 2 is 2.00 bits per heavy atom. The molecule has 146 valence electrons. The lowest BCUT2D eigenvalue weighted by atomic mass is 9.91. The number of nitrogens with zero attached hydrogens (tertiary/aromatic N) is 2. The Morgan fingerprint density at radius 3 is 2.75 bits per heavy atom. The first kappa shape index (κ1) is 18.3. The molecule has 1 saturated carbocycles. The van der Waals surface area contributed by atoms with Crippen LogP contribution in [0.25, 0.3) is 11.0 Å². The van der Waals surface area contributed by atoms with Crippen LogP contribution in [0.4, 0.5) is 0 Å². The molecule has 0 radical (unpaired) electrons. The van der Waals surface area contributed by atoms with Crippen LogP contribution in [-0.2, 0) is 0 Å². The summed E-state index contributed by atoms with van der Waals surface area (Å²) in [6.45, 7) is 1.88. The van der Waals surface area contributed by atoms with Gasteiger partial charge in [0.1, 0.15) is 0 Å². The SMILES string of the molecule is COc1cccc2cc(C(=O)NC3CCC(n4nc(C)ccc4=O)CC3)oc12. The number of ether oxygens (including phenoxy) is 1. The Labute approximate surface area is 162 Å². The van der Waals surface area contributed by atoms with Crippen LogP contribution in [0.15, 0.2) is 45.6 Å². The maximum Gasteiger partial charge on any atom is 0.287 e. The number of methoxy groups -OCH3 is 1. The minimum Gasteiger partial charge on any atom is -0.493 e. The molecule has 1 amide bonds. The fourth-order valence-electron chi connectivity index (χ4n) is 3.81. The Hall–Kier alpha value is -3.09. The molecule has 1 aromatic carbocycles. The molecule has 1 aliphatic carbocycles. The molecule has 0 atom stereocenters. The summed E-state index contributed by atoms with van der Waals surface area (Å²) in [6, 6.07) is 10.7. The normalized spacial score (nSPS) is 19.5. The maximum atomic E-state index is 12.6. The van der Waals surface area contributed by atoms with E-state index in [4.69, 9.17) is 9.15 Å². The van der Waals surface area contributed by atoms with Crippen molar-refractivity contribution in [1.29, 1.82) is 0 Å². The molecule has 0 unspecified atom stereocenters. The van der Waals surface area contributed by atoms with Gasteiger partial charge in [-0.2, -0.15) is 5.10 Å². The third-order valence-electron chi connectivity index (χ3n) is 5.29. The van der Waals surface area contributed by atoms with E-state index in [9.17, 15) is 9.59 Å². The molecule has 2 aromatic heterocycles. The number of nitrogens with one attached hydrogen (secondary N) is 1. The molecule has 1 fully saturated rings. The highest BCUT2D eigenvalue weighted by Crippen LogP contribution is 2.30. The maximum absolute atomic E-state index is 12.6. The Morgan fingerprint density at radius 1 is 1.21 bits per heavy atom. The van der Waals surface area contributed by atoms with Gasteiger partial charge in [0.2, 0.25) is 0 Å². The molecule has 4 rings (SSSR count). The highest BCUT2D eigenvalue weighted by molar-refractivity contribution is 5.97. The molecular weight excluding hydrogens is 358 g/mol. The number of rotatable bonds is 4. The van der Waals surface area contributed by atoms with E-state index in [0.29, 0.717) is 11.3 Å². The zero-order valence-electron chi connectivity index (χ0n) is 16.0. The zero-order valence-corrected chi connectivity index (χ0v) is 16.0. The fraction of sp³-hybridized carbons (Fsp3) is 0.381. The summed E-state index contributed by atoms with van der Waals surface area (Å²) in [5.41, 5.74) is 1.33. The Bertz CT molecular complexity index is 1060. The number of fused-ring (bicyclic) bond motifs is 1. The van der Waals surface area contributed by atoms with Crippen molar-refractivity contribution in [2.24, 2.45) is 0 Å². The standard InChI is InChI=1S/C21H23N3O4/c1-13-6-11-19(25)24(23-13)16-9-7-15(8-10-16)22-21(26)18-12-14-4-3-5-17(27-2)20(14)28-18/h3-6,11-12,15-16H,7-10H2,1-2H3,(H,22,26). The van der Waals surface area contributed by atoms with Gasteiger partial charge in [-0.25, -0.2) is 4.68 Å². The van der Waals surface area contributed by atoms with E-state index in [1.165, 1.54) is 0 Å². The molecule has 3 aromatic rings. The topological polar surface area (TPSA) is 86.4 Å². The first-order chi connectivity index (χ1) is 13.5. The van der Waals surface area contributed by atoms with Gasteiger partial charge >= 0.3 is 0 Å². The number of benzene rings is 1. The Kier molecular flexibility index (Phi) is 4.90. The molecule has 0 saturated heterocycles. The van der Waals surface area contributed by atoms with Crippen LogP contribution in [0.2, 0.25) is 0 Å². The number of hydrogen-bond acceptors (Lipinski definition) is 5. The number of carbonyl (C=O) groups excluding carboxylic acids is 1. The van der Waals surface area contributed by atoms with Gasteiger partial charge in [0.05, 0.1) is 18.8 Å². The molecule has 1 N–H and O–H groups in total. The van der Waals surface area contributed by atoms with Crippen LogP contribution in [-0.4, -0.2) is 28.8 Å². The van der Waals surface area contributed by atoms with Gasteiger partial charge in [-0.1, -0.05) is 12.1 Å². The van der Waals surface area contributed by atoms with E-state index in [-0.39, 0.29) is 29.3 Å². The van der Waals surface area contributed by atoms with Crippen LogP contribution in [0.3, 0.4) is 0 Å². The van der Waals surface area contributed by atoms with Crippen LogP contribution in [0.5, 0.6) is 5.75 Å². The fourth-order valence-corrected chi connectivity index (χ4v) is 3.81. The second-order valence-electron chi connectivity index (χ2n) is 7.23. The van der Waals surface area contributed by atoms with Crippen molar-refractivity contribution < 1.29 is 13.9 Å².